The number of halogens is 10. The first-order valence-electron chi connectivity index (χ1n) is 7.28. The Balaban J connectivity index is 4.91. The van der Waals surface area contributed by atoms with Crippen molar-refractivity contribution in [2.45, 2.75) is 75.0 Å². The van der Waals surface area contributed by atoms with E-state index in [4.69, 9.17) is 0 Å². The fraction of sp³-hybridized carbons (Fsp3) is 0.857. The Kier molecular flexibility index (Phi) is 9.30. The molecule has 0 aliphatic carbocycles. The van der Waals surface area contributed by atoms with Crippen LogP contribution >= 0.6 is 34.2 Å². The molecule has 0 aromatic carbocycles. The summed E-state index contributed by atoms with van der Waals surface area (Å²) >= 11 is 5.18. The van der Waals surface area contributed by atoms with E-state index in [0.29, 0.717) is 12.8 Å². The molecule has 0 amide bonds. The van der Waals surface area contributed by atoms with Crippen molar-refractivity contribution >= 4 is 34.2 Å². The molecular weight excluding hydrogens is 482 g/mol. The van der Waals surface area contributed by atoms with Gasteiger partial charge in [0.25, 0.3) is 0 Å². The topological polar surface area (TPSA) is 0 Å². The molecule has 0 fully saturated rings. The first-order chi connectivity index (χ1) is 10.7. The van der Waals surface area contributed by atoms with Crippen LogP contribution < -0.4 is 0 Å². The van der Waals surface area contributed by atoms with Gasteiger partial charge in [0.15, 0.2) is 0 Å². The summed E-state index contributed by atoms with van der Waals surface area (Å²) in [5.41, 5.74) is 0. The van der Waals surface area contributed by atoms with Gasteiger partial charge in [-0.3, -0.25) is 0 Å². The first kappa shape index (κ1) is 24.2. The van der Waals surface area contributed by atoms with Crippen LogP contribution in [0.1, 0.15) is 51.9 Å². The molecule has 0 radical (unpaired) electrons. The summed E-state index contributed by atoms with van der Waals surface area (Å²) in [5.74, 6) is -18.2. The fourth-order valence-corrected chi connectivity index (χ4v) is 2.71. The molecule has 0 spiro atoms. The summed E-state index contributed by atoms with van der Waals surface area (Å²) < 4.78 is 104. The second-order valence-electron chi connectivity index (χ2n) is 5.38. The van der Waals surface area contributed by atoms with Gasteiger partial charge in [0, 0.05) is 6.08 Å². The molecular formula is C14H18ClF8I. The van der Waals surface area contributed by atoms with Crippen LogP contribution in [-0.2, 0) is 0 Å². The summed E-state index contributed by atoms with van der Waals surface area (Å²) in [6.45, 7) is 2.01. The number of rotatable bonds is 11. The van der Waals surface area contributed by atoms with Gasteiger partial charge in [-0.05, 0) is 50.6 Å². The van der Waals surface area contributed by atoms with E-state index in [9.17, 15) is 35.1 Å². The zero-order chi connectivity index (χ0) is 19.2. The number of hydrogen-bond donors (Lipinski definition) is 0. The lowest BCUT2D eigenvalue weighted by Gasteiger charge is -2.33. The molecule has 0 atom stereocenters. The predicted molar refractivity (Wildman–Crippen MR) is 85.7 cm³/mol. The van der Waals surface area contributed by atoms with Crippen molar-refractivity contribution in [3.05, 3.63) is 9.66 Å². The van der Waals surface area contributed by atoms with Gasteiger partial charge >= 0.3 is 23.1 Å². The van der Waals surface area contributed by atoms with Gasteiger partial charge in [0.05, 0.1) is 0 Å². The lowest BCUT2D eigenvalue weighted by Crippen LogP contribution is -2.59. The van der Waals surface area contributed by atoms with Crippen LogP contribution in [-0.4, -0.2) is 23.1 Å². The van der Waals surface area contributed by atoms with Crippen LogP contribution in [0.2, 0.25) is 0 Å². The third kappa shape index (κ3) is 6.17. The first-order valence-corrected chi connectivity index (χ1v) is 8.73. The standard InChI is InChI=1S/C14H18ClF8I/c1-2-3-4-5-6-7-8-10(24)9-11(16,17)12(18,19)13(20,21)14(15,22)23/h9H,2-8H2,1H3/b10-9-. The van der Waals surface area contributed by atoms with Crippen LogP contribution in [0, 0.1) is 0 Å². The fourth-order valence-electron chi connectivity index (χ4n) is 1.82. The Morgan fingerprint density at radius 3 is 1.75 bits per heavy atom. The second-order valence-corrected chi connectivity index (χ2v) is 7.24. The summed E-state index contributed by atoms with van der Waals surface area (Å²) in [6.07, 6.45) is 4.46. The van der Waals surface area contributed by atoms with Gasteiger partial charge in [0.2, 0.25) is 0 Å². The zero-order valence-corrected chi connectivity index (χ0v) is 15.7. The van der Waals surface area contributed by atoms with E-state index in [2.05, 4.69) is 11.6 Å². The van der Waals surface area contributed by atoms with Crippen molar-refractivity contribution in [2.24, 2.45) is 0 Å². The maximum atomic E-state index is 13.5. The molecule has 144 valence electrons. The lowest BCUT2D eigenvalue weighted by molar-refractivity contribution is -0.335. The van der Waals surface area contributed by atoms with Crippen LogP contribution in [0.4, 0.5) is 35.1 Å². The molecule has 0 saturated heterocycles. The van der Waals surface area contributed by atoms with Gasteiger partial charge in [-0.25, -0.2) is 0 Å². The molecule has 0 saturated carbocycles. The highest BCUT2D eigenvalue weighted by molar-refractivity contribution is 14.1. The minimum atomic E-state index is -6.40. The monoisotopic (exact) mass is 500 g/mol. The Hall–Kier alpha value is 0.200. The summed E-state index contributed by atoms with van der Waals surface area (Å²) in [6, 6.07) is 0. The molecule has 24 heavy (non-hydrogen) atoms. The van der Waals surface area contributed by atoms with Crippen molar-refractivity contribution in [3.63, 3.8) is 0 Å². The Bertz CT molecular complexity index is 417. The second kappa shape index (κ2) is 9.23. The summed E-state index contributed by atoms with van der Waals surface area (Å²) in [4.78, 5) is 0. The van der Waals surface area contributed by atoms with Gasteiger partial charge in [-0.15, -0.1) is 0 Å². The SMILES string of the molecule is CCCCCCCC/C(I)=C/C(F)(F)C(F)(F)C(F)(F)C(F)(F)Cl. The van der Waals surface area contributed by atoms with E-state index in [-0.39, 0.29) is 10.0 Å². The van der Waals surface area contributed by atoms with Crippen LogP contribution in [0.5, 0.6) is 0 Å². The molecule has 0 aliphatic heterocycles. The molecule has 0 aliphatic rings. The van der Waals surface area contributed by atoms with Gasteiger partial charge in [-0.2, -0.15) is 35.1 Å². The van der Waals surface area contributed by atoms with E-state index in [1.165, 1.54) is 22.6 Å². The Morgan fingerprint density at radius 1 is 0.833 bits per heavy atom. The van der Waals surface area contributed by atoms with Crippen molar-refractivity contribution in [1.82, 2.24) is 0 Å². The average Bonchev–Trinajstić information content (AvgIpc) is 2.40. The molecule has 10 heteroatoms. The van der Waals surface area contributed by atoms with Gasteiger partial charge in [-0.1, -0.05) is 39.0 Å². The van der Waals surface area contributed by atoms with E-state index >= 15 is 0 Å². The largest absolute Gasteiger partial charge is 0.393 e. The number of alkyl halides is 9. The molecule has 0 bridgehead atoms. The van der Waals surface area contributed by atoms with Crippen LogP contribution in [0.15, 0.2) is 9.66 Å². The molecule has 0 unspecified atom stereocenters. The lowest BCUT2D eigenvalue weighted by atomic mass is 10.0. The Morgan fingerprint density at radius 2 is 1.29 bits per heavy atom. The molecule has 0 nitrogen and oxygen atoms in total. The van der Waals surface area contributed by atoms with Gasteiger partial charge in [0.1, 0.15) is 0 Å². The van der Waals surface area contributed by atoms with E-state index in [1.54, 1.807) is 0 Å². The molecule has 0 rings (SSSR count). The van der Waals surface area contributed by atoms with Crippen LogP contribution in [0.25, 0.3) is 0 Å². The maximum absolute atomic E-state index is 13.5. The van der Waals surface area contributed by atoms with E-state index in [0.717, 1.165) is 25.7 Å². The quantitative estimate of drug-likeness (QED) is 0.118. The van der Waals surface area contributed by atoms with Crippen molar-refractivity contribution in [3.8, 4) is 0 Å². The molecule has 0 aromatic heterocycles. The summed E-state index contributed by atoms with van der Waals surface area (Å²) in [7, 11) is 0. The average molecular weight is 501 g/mol. The van der Waals surface area contributed by atoms with Crippen molar-refractivity contribution in [1.29, 1.82) is 0 Å². The Labute approximate surface area is 154 Å². The highest BCUT2D eigenvalue weighted by Gasteiger charge is 2.79. The number of unbranched alkanes of at least 4 members (excludes halogenated alkanes) is 5. The molecule has 0 N–H and O–H groups in total. The third-order valence-corrected chi connectivity index (χ3v) is 4.36. The maximum Gasteiger partial charge on any atom is 0.393 e. The summed E-state index contributed by atoms with van der Waals surface area (Å²) in [5, 5.41) is -5.81. The molecule has 0 aromatic rings. The van der Waals surface area contributed by atoms with Crippen molar-refractivity contribution < 1.29 is 35.1 Å². The normalized spacial score (nSPS) is 15.0. The number of hydrogen-bond acceptors (Lipinski definition) is 0. The minimum Gasteiger partial charge on any atom is -0.195 e. The smallest absolute Gasteiger partial charge is 0.195 e. The highest BCUT2D eigenvalue weighted by Crippen LogP contribution is 2.54. The minimum absolute atomic E-state index is 0.0266. The highest BCUT2D eigenvalue weighted by atomic mass is 127. The van der Waals surface area contributed by atoms with Crippen molar-refractivity contribution in [2.75, 3.05) is 0 Å². The number of allylic oxidation sites excluding steroid dienone is 2. The van der Waals surface area contributed by atoms with Gasteiger partial charge < -0.3 is 0 Å². The third-order valence-electron chi connectivity index (χ3n) is 3.28. The van der Waals surface area contributed by atoms with Crippen LogP contribution in [0.3, 0.4) is 0 Å². The van der Waals surface area contributed by atoms with E-state index < -0.39 is 29.2 Å². The zero-order valence-electron chi connectivity index (χ0n) is 12.8. The van der Waals surface area contributed by atoms with E-state index in [1.807, 2.05) is 6.92 Å². The molecule has 0 heterocycles. The predicted octanol–water partition coefficient (Wildman–Crippen LogP) is 7.79.